The molecule has 0 aliphatic carbocycles. The molecule has 5 nitrogen and oxygen atoms in total. The Morgan fingerprint density at radius 3 is 2.54 bits per heavy atom. The van der Waals surface area contributed by atoms with Crippen molar-refractivity contribution in [3.8, 4) is 0 Å². The van der Waals surface area contributed by atoms with Crippen LogP contribution in [0.15, 0.2) is 16.9 Å². The maximum absolute atomic E-state index is 10.2. The van der Waals surface area contributed by atoms with E-state index in [1.165, 1.54) is 12.4 Å². The topological polar surface area (TPSA) is 83.3 Å². The molecule has 0 spiro atoms. The van der Waals surface area contributed by atoms with Gasteiger partial charge >= 0.3 is 5.97 Å². The van der Waals surface area contributed by atoms with Gasteiger partial charge in [0.2, 0.25) is 0 Å². The Balaban J connectivity index is 2.71. The van der Waals surface area contributed by atoms with Crippen molar-refractivity contribution in [1.82, 2.24) is 9.97 Å². The molecule has 1 rings (SSSR count). The highest BCUT2D eigenvalue weighted by Gasteiger charge is 2.14. The van der Waals surface area contributed by atoms with Gasteiger partial charge in [-0.25, -0.2) is 9.97 Å². The van der Waals surface area contributed by atoms with E-state index in [9.17, 15) is 9.90 Å². The van der Waals surface area contributed by atoms with Crippen LogP contribution in [0.3, 0.4) is 0 Å². The fourth-order valence-electron chi connectivity index (χ4n) is 0.751. The summed E-state index contributed by atoms with van der Waals surface area (Å²) >= 11 is 3.12. The van der Waals surface area contributed by atoms with Crippen LogP contribution in [0.4, 0.5) is 0 Å². The maximum atomic E-state index is 10.2. The van der Waals surface area contributed by atoms with Crippen LogP contribution < -0.4 is 0 Å². The summed E-state index contributed by atoms with van der Waals surface area (Å²) in [5.41, 5.74) is 0. The summed E-state index contributed by atoms with van der Waals surface area (Å²) in [6.45, 7) is 0. The highest BCUT2D eigenvalue weighted by Crippen LogP contribution is 2.13. The lowest BCUT2D eigenvalue weighted by molar-refractivity contribution is -0.139. The van der Waals surface area contributed by atoms with Crippen molar-refractivity contribution in [3.05, 3.63) is 22.7 Å². The second-order valence-corrected chi connectivity index (χ2v) is 3.29. The number of aliphatic hydroxyl groups is 1. The number of aliphatic hydroxyl groups excluding tert-OH is 1. The van der Waals surface area contributed by atoms with Crippen molar-refractivity contribution in [2.24, 2.45) is 0 Å². The van der Waals surface area contributed by atoms with Crippen LogP contribution >= 0.6 is 15.9 Å². The molecule has 0 fully saturated rings. The zero-order valence-corrected chi connectivity index (χ0v) is 8.10. The number of aliphatic carboxylic acids is 1. The molecule has 70 valence electrons. The van der Waals surface area contributed by atoms with Gasteiger partial charge in [-0.1, -0.05) is 0 Å². The van der Waals surface area contributed by atoms with Gasteiger partial charge in [-0.05, 0) is 15.9 Å². The number of carboxylic acids is 1. The molecule has 6 heteroatoms. The van der Waals surface area contributed by atoms with Crippen LogP contribution in [0.25, 0.3) is 0 Å². The van der Waals surface area contributed by atoms with Crippen molar-refractivity contribution in [2.75, 3.05) is 0 Å². The van der Waals surface area contributed by atoms with Crippen LogP contribution in [0.5, 0.6) is 0 Å². The minimum Gasteiger partial charge on any atom is -0.481 e. The van der Waals surface area contributed by atoms with Crippen LogP contribution in [0.1, 0.15) is 18.3 Å². The Morgan fingerprint density at radius 2 is 2.08 bits per heavy atom. The fraction of sp³-hybridized carbons (Fsp3) is 0.286. The van der Waals surface area contributed by atoms with E-state index >= 15 is 0 Å². The summed E-state index contributed by atoms with van der Waals surface area (Å²) in [6, 6.07) is 0. The van der Waals surface area contributed by atoms with Gasteiger partial charge in [0.1, 0.15) is 6.10 Å². The Labute approximate surface area is 82.6 Å². The Kier molecular flexibility index (Phi) is 3.32. The number of nitrogens with zero attached hydrogens (tertiary/aromatic N) is 2. The van der Waals surface area contributed by atoms with Crippen molar-refractivity contribution in [3.63, 3.8) is 0 Å². The second-order valence-electron chi connectivity index (χ2n) is 2.37. The molecule has 1 atom stereocenters. The summed E-state index contributed by atoms with van der Waals surface area (Å²) in [5, 5.41) is 17.6. The molecule has 1 heterocycles. The number of aromatic nitrogens is 2. The number of carboxylic acid groups (broad SMARTS) is 1. The van der Waals surface area contributed by atoms with Gasteiger partial charge in [0.05, 0.1) is 10.9 Å². The summed E-state index contributed by atoms with van der Waals surface area (Å²) in [4.78, 5) is 17.7. The minimum atomic E-state index is -1.15. The molecule has 1 aromatic heterocycles. The quantitative estimate of drug-likeness (QED) is 0.823. The molecule has 0 amide bonds. The van der Waals surface area contributed by atoms with E-state index in [4.69, 9.17) is 5.11 Å². The highest BCUT2D eigenvalue weighted by molar-refractivity contribution is 9.10. The summed E-state index contributed by atoms with van der Waals surface area (Å²) < 4.78 is 0.679. The SMILES string of the molecule is O=C(O)CC(O)c1ncc(Br)cn1. The lowest BCUT2D eigenvalue weighted by Crippen LogP contribution is -2.08. The molecular weight excluding hydrogens is 240 g/mol. The molecule has 1 aromatic rings. The number of halogens is 1. The van der Waals surface area contributed by atoms with E-state index in [1.54, 1.807) is 0 Å². The van der Waals surface area contributed by atoms with Gasteiger partial charge in [0.15, 0.2) is 5.82 Å². The number of hydrogen-bond acceptors (Lipinski definition) is 4. The molecule has 2 N–H and O–H groups in total. The predicted octanol–water partition coefficient (Wildman–Crippen LogP) is 0.747. The average molecular weight is 247 g/mol. The van der Waals surface area contributed by atoms with Crippen LogP contribution in [-0.2, 0) is 4.79 Å². The standard InChI is InChI=1S/C7H7BrN2O3/c8-4-2-9-7(10-3-4)5(11)1-6(12)13/h2-3,5,11H,1H2,(H,12,13). The van der Waals surface area contributed by atoms with E-state index in [0.717, 1.165) is 0 Å². The van der Waals surface area contributed by atoms with E-state index < -0.39 is 12.1 Å². The van der Waals surface area contributed by atoms with Crippen molar-refractivity contribution >= 4 is 21.9 Å². The first-order valence-corrected chi connectivity index (χ1v) is 4.26. The molecule has 1 unspecified atom stereocenters. The monoisotopic (exact) mass is 246 g/mol. The lowest BCUT2D eigenvalue weighted by Gasteiger charge is -2.04. The largest absolute Gasteiger partial charge is 0.481 e. The molecular formula is C7H7BrN2O3. The summed E-state index contributed by atoms with van der Waals surface area (Å²) in [7, 11) is 0. The third-order valence-corrected chi connectivity index (χ3v) is 1.72. The van der Waals surface area contributed by atoms with Gasteiger partial charge in [0.25, 0.3) is 0 Å². The Morgan fingerprint density at radius 1 is 1.54 bits per heavy atom. The van der Waals surface area contributed by atoms with E-state index in [1.807, 2.05) is 0 Å². The normalized spacial score (nSPS) is 12.5. The molecule has 0 bridgehead atoms. The zero-order valence-electron chi connectivity index (χ0n) is 6.51. The number of hydrogen-bond donors (Lipinski definition) is 2. The first-order valence-electron chi connectivity index (χ1n) is 3.47. The van der Waals surface area contributed by atoms with Crippen molar-refractivity contribution < 1.29 is 15.0 Å². The van der Waals surface area contributed by atoms with E-state index in [2.05, 4.69) is 25.9 Å². The highest BCUT2D eigenvalue weighted by atomic mass is 79.9. The molecule has 13 heavy (non-hydrogen) atoms. The van der Waals surface area contributed by atoms with Gasteiger partial charge < -0.3 is 10.2 Å². The average Bonchev–Trinajstić information content (AvgIpc) is 2.04. The Hall–Kier alpha value is -1.01. The number of carbonyl (C=O) groups is 1. The molecule has 0 saturated carbocycles. The van der Waals surface area contributed by atoms with Crippen LogP contribution in [-0.4, -0.2) is 26.2 Å². The van der Waals surface area contributed by atoms with Crippen molar-refractivity contribution in [1.29, 1.82) is 0 Å². The molecule has 0 aliphatic heterocycles. The summed E-state index contributed by atoms with van der Waals surface area (Å²) in [5.74, 6) is -0.968. The molecule has 0 aromatic carbocycles. The summed E-state index contributed by atoms with van der Waals surface area (Å²) in [6.07, 6.45) is 1.37. The van der Waals surface area contributed by atoms with Crippen LogP contribution in [0, 0.1) is 0 Å². The van der Waals surface area contributed by atoms with Gasteiger partial charge in [-0.15, -0.1) is 0 Å². The Bertz CT molecular complexity index is 301. The lowest BCUT2D eigenvalue weighted by atomic mass is 10.2. The van der Waals surface area contributed by atoms with Crippen LogP contribution in [0.2, 0.25) is 0 Å². The van der Waals surface area contributed by atoms with E-state index in [0.29, 0.717) is 4.47 Å². The first-order chi connectivity index (χ1) is 6.09. The minimum absolute atomic E-state index is 0.116. The van der Waals surface area contributed by atoms with Gasteiger partial charge in [-0.2, -0.15) is 0 Å². The number of rotatable bonds is 3. The predicted molar refractivity (Wildman–Crippen MR) is 46.9 cm³/mol. The zero-order chi connectivity index (χ0) is 9.84. The first kappa shape index (κ1) is 10.1. The maximum Gasteiger partial charge on any atom is 0.306 e. The van der Waals surface area contributed by atoms with E-state index in [-0.39, 0.29) is 12.2 Å². The van der Waals surface area contributed by atoms with Gasteiger partial charge in [-0.3, -0.25) is 4.79 Å². The second kappa shape index (κ2) is 4.29. The molecule has 0 saturated heterocycles. The molecule has 0 aliphatic rings. The third-order valence-electron chi connectivity index (χ3n) is 1.31. The molecule has 0 radical (unpaired) electrons. The smallest absolute Gasteiger partial charge is 0.306 e. The van der Waals surface area contributed by atoms with Crippen molar-refractivity contribution in [2.45, 2.75) is 12.5 Å². The fourth-order valence-corrected chi connectivity index (χ4v) is 0.956. The third kappa shape index (κ3) is 3.08. The van der Waals surface area contributed by atoms with Gasteiger partial charge in [0, 0.05) is 12.4 Å².